The van der Waals surface area contributed by atoms with Gasteiger partial charge < -0.3 is 15.8 Å². The fourth-order valence-electron chi connectivity index (χ4n) is 1.96. The minimum atomic E-state index is -0.0345. The van der Waals surface area contributed by atoms with Gasteiger partial charge in [-0.1, -0.05) is 30.3 Å². The molecule has 110 valence electrons. The maximum absolute atomic E-state index is 11.8. The van der Waals surface area contributed by atoms with Crippen LogP contribution in [0, 0.1) is 6.92 Å². The Morgan fingerprint density at radius 3 is 2.67 bits per heavy atom. The lowest BCUT2D eigenvalue weighted by atomic mass is 10.1. The van der Waals surface area contributed by atoms with Crippen LogP contribution in [0.1, 0.15) is 17.5 Å². The van der Waals surface area contributed by atoms with Crippen LogP contribution in [0.15, 0.2) is 48.5 Å². The molecule has 0 aliphatic heterocycles. The van der Waals surface area contributed by atoms with E-state index in [4.69, 9.17) is 10.5 Å². The molecule has 0 spiro atoms. The van der Waals surface area contributed by atoms with Crippen LogP contribution in [-0.2, 0) is 11.3 Å². The summed E-state index contributed by atoms with van der Waals surface area (Å²) in [4.78, 5) is 11.8. The SMILES string of the molecule is Cc1c(N)cccc1CNC(=O)CCOc1ccccc1. The van der Waals surface area contributed by atoms with Crippen LogP contribution in [0.25, 0.3) is 0 Å². The predicted molar refractivity (Wildman–Crippen MR) is 84.0 cm³/mol. The Morgan fingerprint density at radius 1 is 1.14 bits per heavy atom. The summed E-state index contributed by atoms with van der Waals surface area (Å²) in [5.41, 5.74) is 8.63. The minimum absolute atomic E-state index is 0.0345. The Kier molecular flexibility index (Phi) is 5.21. The molecule has 0 aliphatic rings. The van der Waals surface area contributed by atoms with E-state index in [0.717, 1.165) is 22.6 Å². The van der Waals surface area contributed by atoms with E-state index >= 15 is 0 Å². The van der Waals surface area contributed by atoms with E-state index in [1.54, 1.807) is 0 Å². The Morgan fingerprint density at radius 2 is 1.90 bits per heavy atom. The molecule has 0 saturated carbocycles. The molecule has 0 aromatic heterocycles. The smallest absolute Gasteiger partial charge is 0.223 e. The molecule has 0 saturated heterocycles. The molecule has 0 unspecified atom stereocenters. The number of nitrogens with one attached hydrogen (secondary N) is 1. The third-order valence-electron chi connectivity index (χ3n) is 3.30. The number of hydrogen-bond donors (Lipinski definition) is 2. The number of para-hydroxylation sites is 1. The topological polar surface area (TPSA) is 64.3 Å². The Bertz CT molecular complexity index is 597. The number of nitrogen functional groups attached to an aromatic ring is 1. The second kappa shape index (κ2) is 7.33. The zero-order chi connectivity index (χ0) is 15.1. The average molecular weight is 284 g/mol. The van der Waals surface area contributed by atoms with Crippen LogP contribution in [0.3, 0.4) is 0 Å². The first-order valence-corrected chi connectivity index (χ1v) is 6.95. The molecule has 1 amide bonds. The van der Waals surface area contributed by atoms with E-state index in [0.29, 0.717) is 19.6 Å². The molecule has 4 nitrogen and oxygen atoms in total. The molecule has 0 fully saturated rings. The van der Waals surface area contributed by atoms with Crippen molar-refractivity contribution >= 4 is 11.6 Å². The van der Waals surface area contributed by atoms with Gasteiger partial charge in [0.25, 0.3) is 0 Å². The quantitative estimate of drug-likeness (QED) is 0.802. The summed E-state index contributed by atoms with van der Waals surface area (Å²) in [5, 5.41) is 2.88. The summed E-state index contributed by atoms with van der Waals surface area (Å²) in [5.74, 6) is 0.740. The van der Waals surface area contributed by atoms with Gasteiger partial charge >= 0.3 is 0 Å². The lowest BCUT2D eigenvalue weighted by molar-refractivity contribution is -0.121. The molecule has 4 heteroatoms. The van der Waals surface area contributed by atoms with Crippen molar-refractivity contribution in [2.45, 2.75) is 19.9 Å². The Hall–Kier alpha value is -2.49. The maximum Gasteiger partial charge on any atom is 0.223 e. The van der Waals surface area contributed by atoms with Gasteiger partial charge in [-0.15, -0.1) is 0 Å². The van der Waals surface area contributed by atoms with E-state index < -0.39 is 0 Å². The summed E-state index contributed by atoms with van der Waals surface area (Å²) in [6.07, 6.45) is 0.330. The van der Waals surface area contributed by atoms with E-state index in [-0.39, 0.29) is 5.91 Å². The van der Waals surface area contributed by atoms with Crippen LogP contribution in [0.5, 0.6) is 5.75 Å². The second-order valence-electron chi connectivity index (χ2n) is 4.82. The lowest BCUT2D eigenvalue weighted by Crippen LogP contribution is -2.24. The molecule has 2 rings (SSSR count). The standard InChI is InChI=1S/C17H20N2O2/c1-13-14(6-5-9-16(13)18)12-19-17(20)10-11-21-15-7-3-2-4-8-15/h2-9H,10-12,18H2,1H3,(H,19,20). The van der Waals surface area contributed by atoms with Gasteiger partial charge in [0.2, 0.25) is 5.91 Å². The Labute approximate surface area is 124 Å². The van der Waals surface area contributed by atoms with Crippen molar-refractivity contribution in [1.82, 2.24) is 5.32 Å². The molecule has 0 radical (unpaired) electrons. The van der Waals surface area contributed by atoms with Gasteiger partial charge in [0.1, 0.15) is 5.75 Å². The van der Waals surface area contributed by atoms with Gasteiger partial charge in [0.15, 0.2) is 0 Å². The van der Waals surface area contributed by atoms with Crippen molar-refractivity contribution in [2.24, 2.45) is 0 Å². The van der Waals surface area contributed by atoms with Gasteiger partial charge in [-0.3, -0.25) is 4.79 Å². The second-order valence-corrected chi connectivity index (χ2v) is 4.82. The molecule has 2 aromatic carbocycles. The van der Waals surface area contributed by atoms with Crippen molar-refractivity contribution in [1.29, 1.82) is 0 Å². The fourth-order valence-corrected chi connectivity index (χ4v) is 1.96. The maximum atomic E-state index is 11.8. The van der Waals surface area contributed by atoms with E-state index in [1.165, 1.54) is 0 Å². The molecule has 2 aromatic rings. The van der Waals surface area contributed by atoms with Crippen LogP contribution in [0.2, 0.25) is 0 Å². The number of ether oxygens (including phenoxy) is 1. The number of nitrogens with two attached hydrogens (primary N) is 1. The van der Waals surface area contributed by atoms with E-state index in [9.17, 15) is 4.79 Å². The number of benzene rings is 2. The first kappa shape index (κ1) is 14.9. The van der Waals surface area contributed by atoms with E-state index in [1.807, 2.05) is 55.5 Å². The Balaban J connectivity index is 1.74. The van der Waals surface area contributed by atoms with Crippen molar-refractivity contribution in [3.05, 3.63) is 59.7 Å². The first-order valence-electron chi connectivity index (χ1n) is 6.95. The largest absolute Gasteiger partial charge is 0.493 e. The number of hydrogen-bond acceptors (Lipinski definition) is 3. The molecule has 0 aliphatic carbocycles. The van der Waals surface area contributed by atoms with Crippen LogP contribution >= 0.6 is 0 Å². The zero-order valence-corrected chi connectivity index (χ0v) is 12.1. The van der Waals surface area contributed by atoms with Gasteiger partial charge in [-0.25, -0.2) is 0 Å². The van der Waals surface area contributed by atoms with Gasteiger partial charge in [0, 0.05) is 12.2 Å². The number of amides is 1. The number of carbonyl (C=O) groups excluding carboxylic acids is 1. The molecule has 0 bridgehead atoms. The monoisotopic (exact) mass is 284 g/mol. The number of rotatable bonds is 6. The molecule has 3 N–H and O–H groups in total. The average Bonchev–Trinajstić information content (AvgIpc) is 2.50. The number of anilines is 1. The van der Waals surface area contributed by atoms with Crippen molar-refractivity contribution in [3.63, 3.8) is 0 Å². The highest BCUT2D eigenvalue weighted by Gasteiger charge is 2.05. The summed E-state index contributed by atoms with van der Waals surface area (Å²) in [6.45, 7) is 2.81. The van der Waals surface area contributed by atoms with E-state index in [2.05, 4.69) is 5.32 Å². The molecule has 0 atom stereocenters. The van der Waals surface area contributed by atoms with Crippen molar-refractivity contribution < 1.29 is 9.53 Å². The fraction of sp³-hybridized carbons (Fsp3) is 0.235. The third kappa shape index (κ3) is 4.53. The highest BCUT2D eigenvalue weighted by molar-refractivity contribution is 5.76. The van der Waals surface area contributed by atoms with Gasteiger partial charge in [-0.2, -0.15) is 0 Å². The zero-order valence-electron chi connectivity index (χ0n) is 12.1. The number of carbonyl (C=O) groups is 1. The molecular weight excluding hydrogens is 264 g/mol. The summed E-state index contributed by atoms with van der Waals surface area (Å²) in [6, 6.07) is 15.2. The molecular formula is C17H20N2O2. The van der Waals surface area contributed by atoms with Gasteiger partial charge in [0.05, 0.1) is 13.0 Å². The first-order chi connectivity index (χ1) is 10.2. The third-order valence-corrected chi connectivity index (χ3v) is 3.30. The van der Waals surface area contributed by atoms with Crippen LogP contribution in [0.4, 0.5) is 5.69 Å². The lowest BCUT2D eigenvalue weighted by Gasteiger charge is -2.10. The molecule has 0 heterocycles. The van der Waals surface area contributed by atoms with Crippen molar-refractivity contribution in [3.8, 4) is 5.75 Å². The van der Waals surface area contributed by atoms with Crippen molar-refractivity contribution in [2.75, 3.05) is 12.3 Å². The van der Waals surface area contributed by atoms with Crippen LogP contribution < -0.4 is 15.8 Å². The minimum Gasteiger partial charge on any atom is -0.493 e. The molecule has 21 heavy (non-hydrogen) atoms. The summed E-state index contributed by atoms with van der Waals surface area (Å²) < 4.78 is 5.49. The highest BCUT2D eigenvalue weighted by Crippen LogP contribution is 2.15. The highest BCUT2D eigenvalue weighted by atomic mass is 16.5. The van der Waals surface area contributed by atoms with Crippen LogP contribution in [-0.4, -0.2) is 12.5 Å². The normalized spacial score (nSPS) is 10.1. The predicted octanol–water partition coefficient (Wildman–Crippen LogP) is 2.66. The summed E-state index contributed by atoms with van der Waals surface area (Å²) in [7, 11) is 0. The summed E-state index contributed by atoms with van der Waals surface area (Å²) >= 11 is 0. The van der Waals surface area contributed by atoms with Gasteiger partial charge in [-0.05, 0) is 36.2 Å².